The molecule has 0 bridgehead atoms. The third-order valence-electron chi connectivity index (χ3n) is 4.30. The maximum atomic E-state index is 13.0. The number of thioether (sulfide) groups is 1. The van der Waals surface area contributed by atoms with Crippen LogP contribution in [-0.4, -0.2) is 32.6 Å². The zero-order valence-corrected chi connectivity index (χ0v) is 18.2. The molecule has 0 spiro atoms. The minimum Gasteiger partial charge on any atom is -0.410 e. The van der Waals surface area contributed by atoms with Gasteiger partial charge in [0.15, 0.2) is 0 Å². The van der Waals surface area contributed by atoms with Crippen molar-refractivity contribution in [3.05, 3.63) is 62.3 Å². The summed E-state index contributed by atoms with van der Waals surface area (Å²) >= 11 is 6.07. The van der Waals surface area contributed by atoms with Crippen LogP contribution in [0.1, 0.15) is 22.2 Å². The lowest BCUT2D eigenvalue weighted by molar-refractivity contribution is -0.130. The highest BCUT2D eigenvalue weighted by Gasteiger charge is 2.34. The van der Waals surface area contributed by atoms with E-state index in [2.05, 4.69) is 21.4 Å². The second-order valence-electron chi connectivity index (χ2n) is 6.14. The summed E-state index contributed by atoms with van der Waals surface area (Å²) in [5.41, 5.74) is 0.953. The molecule has 1 atom stereocenters. The zero-order chi connectivity index (χ0) is 19.6. The van der Waals surface area contributed by atoms with E-state index in [0.717, 1.165) is 26.8 Å². The Morgan fingerprint density at radius 2 is 1.83 bits per heavy atom. The lowest BCUT2D eigenvalue weighted by Gasteiger charge is -2.20. The van der Waals surface area contributed by atoms with Gasteiger partial charge in [-0.2, -0.15) is 5.10 Å². The van der Waals surface area contributed by atoms with Crippen LogP contribution in [0.2, 0.25) is 0 Å². The fraction of sp³-hybridized carbons (Fsp3) is 0.158. The highest BCUT2D eigenvalue weighted by molar-refractivity contribution is 7.99. The van der Waals surface area contributed by atoms with Gasteiger partial charge in [0.25, 0.3) is 17.0 Å². The van der Waals surface area contributed by atoms with Crippen LogP contribution in [0, 0.1) is 0 Å². The quantitative estimate of drug-likeness (QED) is 0.362. The van der Waals surface area contributed by atoms with Crippen LogP contribution >= 0.6 is 45.8 Å². The van der Waals surface area contributed by atoms with Crippen LogP contribution in [0.3, 0.4) is 0 Å². The van der Waals surface area contributed by atoms with E-state index in [9.17, 15) is 4.79 Å². The van der Waals surface area contributed by atoms with Crippen LogP contribution in [0.5, 0.6) is 0 Å². The van der Waals surface area contributed by atoms with Gasteiger partial charge in [-0.05, 0) is 34.3 Å². The summed E-state index contributed by atoms with van der Waals surface area (Å²) in [6.07, 6.45) is 0.723. The number of hydrogen-bond acceptors (Lipinski definition) is 9. The molecule has 0 aliphatic carbocycles. The molecule has 1 unspecified atom stereocenters. The molecule has 1 amide bonds. The molecule has 0 saturated heterocycles. The molecule has 6 nitrogen and oxygen atoms in total. The maximum Gasteiger partial charge on any atom is 0.277 e. The van der Waals surface area contributed by atoms with E-state index in [1.807, 2.05) is 46.5 Å². The molecule has 29 heavy (non-hydrogen) atoms. The smallest absolute Gasteiger partial charge is 0.277 e. The molecule has 0 fully saturated rings. The van der Waals surface area contributed by atoms with Crippen LogP contribution in [0.15, 0.2) is 67.3 Å². The molecule has 10 heteroatoms. The van der Waals surface area contributed by atoms with E-state index >= 15 is 0 Å². The number of hydrazone groups is 1. The van der Waals surface area contributed by atoms with Crippen molar-refractivity contribution < 1.29 is 9.21 Å². The number of rotatable bonds is 6. The number of amides is 1. The minimum atomic E-state index is -0.0733. The Kier molecular flexibility index (Phi) is 5.32. The molecule has 1 aliphatic heterocycles. The van der Waals surface area contributed by atoms with Gasteiger partial charge < -0.3 is 4.42 Å². The zero-order valence-electron chi connectivity index (χ0n) is 14.9. The number of aromatic nitrogens is 2. The Balaban J connectivity index is 1.31. The van der Waals surface area contributed by atoms with Gasteiger partial charge >= 0.3 is 0 Å². The molecular formula is C19H14N4O2S4. The Labute approximate surface area is 182 Å². The van der Waals surface area contributed by atoms with Crippen molar-refractivity contribution >= 4 is 57.4 Å². The maximum absolute atomic E-state index is 13.0. The summed E-state index contributed by atoms with van der Waals surface area (Å²) in [6, 6.07) is 11.9. The van der Waals surface area contributed by atoms with E-state index in [-0.39, 0.29) is 17.7 Å². The molecule has 5 heterocycles. The van der Waals surface area contributed by atoms with Gasteiger partial charge in [-0.15, -0.1) is 44.2 Å². The van der Waals surface area contributed by atoms with Crippen LogP contribution in [0.4, 0.5) is 0 Å². The standard InChI is InChI=1S/C19H14N4O2S4/c24-17(11-29-19-21-20-18(25-19)16-6-3-9-28-16)23-13(15-5-2-8-27-15)10-12(22-23)14-4-1-7-26-14/h1-9,13H,10-11H2. The lowest BCUT2D eigenvalue weighted by Crippen LogP contribution is -2.28. The topological polar surface area (TPSA) is 71.6 Å². The first-order valence-corrected chi connectivity index (χ1v) is 12.4. The van der Waals surface area contributed by atoms with Gasteiger partial charge in [0.1, 0.15) is 0 Å². The second-order valence-corrected chi connectivity index (χ2v) is 9.94. The van der Waals surface area contributed by atoms with Gasteiger partial charge in [-0.25, -0.2) is 5.01 Å². The first-order chi connectivity index (χ1) is 14.3. The number of nitrogens with zero attached hydrogens (tertiary/aromatic N) is 4. The molecular weight excluding hydrogens is 445 g/mol. The summed E-state index contributed by atoms with van der Waals surface area (Å²) < 4.78 is 5.67. The average Bonchev–Trinajstić information content (AvgIpc) is 3.56. The van der Waals surface area contributed by atoms with Gasteiger partial charge in [0.2, 0.25) is 0 Å². The van der Waals surface area contributed by atoms with Crippen LogP contribution < -0.4 is 0 Å². The van der Waals surface area contributed by atoms with Crippen molar-refractivity contribution in [1.29, 1.82) is 0 Å². The van der Waals surface area contributed by atoms with E-state index in [1.54, 1.807) is 27.7 Å². The average molecular weight is 459 g/mol. The summed E-state index contributed by atoms with van der Waals surface area (Å²) in [7, 11) is 0. The van der Waals surface area contributed by atoms with Crippen LogP contribution in [0.25, 0.3) is 10.8 Å². The first kappa shape index (κ1) is 18.7. The molecule has 0 radical (unpaired) electrons. The van der Waals surface area contributed by atoms with Gasteiger partial charge in [0.05, 0.1) is 27.3 Å². The predicted molar refractivity (Wildman–Crippen MR) is 118 cm³/mol. The van der Waals surface area contributed by atoms with Crippen LogP contribution in [-0.2, 0) is 4.79 Å². The Bertz CT molecular complexity index is 1120. The molecule has 1 aliphatic rings. The van der Waals surface area contributed by atoms with Crippen molar-refractivity contribution in [2.24, 2.45) is 5.10 Å². The fourth-order valence-electron chi connectivity index (χ4n) is 2.99. The van der Waals surface area contributed by atoms with E-state index < -0.39 is 0 Å². The van der Waals surface area contributed by atoms with Crippen molar-refractivity contribution in [2.45, 2.75) is 17.7 Å². The molecule has 5 rings (SSSR count). The Morgan fingerprint density at radius 1 is 1.07 bits per heavy atom. The van der Waals surface area contributed by atoms with Crippen molar-refractivity contribution in [1.82, 2.24) is 15.2 Å². The first-order valence-electron chi connectivity index (χ1n) is 8.75. The number of hydrogen-bond donors (Lipinski definition) is 0. The van der Waals surface area contributed by atoms with Gasteiger partial charge in [-0.3, -0.25) is 4.79 Å². The summed E-state index contributed by atoms with van der Waals surface area (Å²) in [4.78, 5) is 16.1. The lowest BCUT2D eigenvalue weighted by atomic mass is 10.1. The molecule has 4 aromatic rings. The second kappa shape index (κ2) is 8.23. The van der Waals surface area contributed by atoms with Crippen molar-refractivity contribution in [3.63, 3.8) is 0 Å². The number of carbonyl (C=O) groups excluding carboxylic acids is 1. The van der Waals surface area contributed by atoms with Crippen molar-refractivity contribution in [3.8, 4) is 10.8 Å². The molecule has 0 saturated carbocycles. The molecule has 4 aromatic heterocycles. The number of carbonyl (C=O) groups is 1. The van der Waals surface area contributed by atoms with Gasteiger partial charge in [0, 0.05) is 11.3 Å². The van der Waals surface area contributed by atoms with E-state index in [4.69, 9.17) is 4.42 Å². The molecule has 0 N–H and O–H groups in total. The minimum absolute atomic E-state index is 0.0652. The summed E-state index contributed by atoms with van der Waals surface area (Å²) in [6.45, 7) is 0. The highest BCUT2D eigenvalue weighted by atomic mass is 32.2. The Hall–Kier alpha value is -2.27. The van der Waals surface area contributed by atoms with Gasteiger partial charge in [-0.1, -0.05) is 30.0 Å². The third kappa shape index (κ3) is 3.93. The Morgan fingerprint density at radius 3 is 2.55 bits per heavy atom. The van der Waals surface area contributed by atoms with Crippen molar-refractivity contribution in [2.75, 3.05) is 5.75 Å². The largest absolute Gasteiger partial charge is 0.410 e. The number of thiophene rings is 3. The summed E-state index contributed by atoms with van der Waals surface area (Å²) in [5, 5.41) is 20.8. The predicted octanol–water partition coefficient (Wildman–Crippen LogP) is 5.39. The molecule has 146 valence electrons. The monoisotopic (exact) mass is 458 g/mol. The van der Waals surface area contributed by atoms with E-state index in [0.29, 0.717) is 11.1 Å². The summed E-state index contributed by atoms with van der Waals surface area (Å²) in [5.74, 6) is 0.594. The SMILES string of the molecule is O=C(CSc1nnc(-c2cccs2)o1)N1N=C(c2cccs2)CC1c1cccs1. The van der Waals surface area contributed by atoms with E-state index in [1.165, 1.54) is 23.1 Å². The fourth-order valence-corrected chi connectivity index (χ4v) is 5.78. The third-order valence-corrected chi connectivity index (χ3v) is 7.85. The molecule has 0 aromatic carbocycles. The normalized spacial score (nSPS) is 16.3. The highest BCUT2D eigenvalue weighted by Crippen LogP contribution is 2.36.